The number of rotatable bonds is 3. The standard InChI is InChI=1S/C18H25NO4/c1-17(2,3)23-16(20)18-6-7-19-15(18)12-9-14(22-5)13(21-4)8-11(12)10-18/h8-9,15,19H,6-7,10H2,1-5H3/t15-,18-/m0/s1. The summed E-state index contributed by atoms with van der Waals surface area (Å²) in [6.07, 6.45) is 1.46. The third-order valence-corrected chi connectivity index (χ3v) is 4.74. The van der Waals surface area contributed by atoms with Crippen LogP contribution in [0.25, 0.3) is 0 Å². The lowest BCUT2D eigenvalue weighted by Gasteiger charge is -2.31. The van der Waals surface area contributed by atoms with Crippen LogP contribution in [0.3, 0.4) is 0 Å². The molecule has 0 saturated carbocycles. The molecule has 0 spiro atoms. The number of fused-ring (bicyclic) bond motifs is 3. The van der Waals surface area contributed by atoms with Gasteiger partial charge in [0.25, 0.3) is 0 Å². The molecule has 2 aliphatic rings. The predicted octanol–water partition coefficient (Wildman–Crippen LogP) is 2.62. The van der Waals surface area contributed by atoms with Crippen LogP contribution in [-0.2, 0) is 16.0 Å². The molecule has 126 valence electrons. The van der Waals surface area contributed by atoms with Gasteiger partial charge in [-0.1, -0.05) is 0 Å². The van der Waals surface area contributed by atoms with Crippen molar-refractivity contribution in [1.29, 1.82) is 0 Å². The number of hydrogen-bond acceptors (Lipinski definition) is 5. The van der Waals surface area contributed by atoms with Crippen molar-refractivity contribution in [3.8, 4) is 11.5 Å². The quantitative estimate of drug-likeness (QED) is 0.868. The second-order valence-electron chi connectivity index (χ2n) is 7.38. The van der Waals surface area contributed by atoms with Crippen LogP contribution in [0.5, 0.6) is 11.5 Å². The second kappa shape index (κ2) is 5.41. The average molecular weight is 319 g/mol. The Kier molecular flexibility index (Phi) is 3.79. The average Bonchev–Trinajstić information content (AvgIpc) is 3.01. The topological polar surface area (TPSA) is 56.8 Å². The zero-order valence-electron chi connectivity index (χ0n) is 14.5. The van der Waals surface area contributed by atoms with E-state index in [2.05, 4.69) is 5.32 Å². The van der Waals surface area contributed by atoms with E-state index < -0.39 is 11.0 Å². The number of ether oxygens (including phenoxy) is 3. The minimum Gasteiger partial charge on any atom is -0.493 e. The molecule has 1 saturated heterocycles. The molecule has 5 heteroatoms. The largest absolute Gasteiger partial charge is 0.493 e. The molecule has 1 aromatic carbocycles. The summed E-state index contributed by atoms with van der Waals surface area (Å²) >= 11 is 0. The lowest BCUT2D eigenvalue weighted by atomic mass is 9.81. The van der Waals surface area contributed by atoms with Crippen molar-refractivity contribution in [3.63, 3.8) is 0 Å². The zero-order chi connectivity index (χ0) is 16.8. The van der Waals surface area contributed by atoms with E-state index in [4.69, 9.17) is 14.2 Å². The first-order valence-electron chi connectivity index (χ1n) is 8.02. The molecule has 23 heavy (non-hydrogen) atoms. The minimum absolute atomic E-state index is 0.0212. The van der Waals surface area contributed by atoms with Gasteiger partial charge in [0.2, 0.25) is 0 Å². The highest BCUT2D eigenvalue weighted by Crippen LogP contribution is 2.54. The van der Waals surface area contributed by atoms with E-state index in [-0.39, 0.29) is 12.0 Å². The van der Waals surface area contributed by atoms with Gasteiger partial charge in [0, 0.05) is 6.04 Å². The lowest BCUT2D eigenvalue weighted by molar-refractivity contribution is -0.167. The molecule has 1 aromatic rings. The van der Waals surface area contributed by atoms with Crippen LogP contribution in [0.1, 0.15) is 44.4 Å². The summed E-state index contributed by atoms with van der Waals surface area (Å²) < 4.78 is 16.5. The van der Waals surface area contributed by atoms with Crippen LogP contribution in [0.2, 0.25) is 0 Å². The van der Waals surface area contributed by atoms with Crippen molar-refractivity contribution in [3.05, 3.63) is 23.3 Å². The highest BCUT2D eigenvalue weighted by Gasteiger charge is 2.56. The van der Waals surface area contributed by atoms with E-state index >= 15 is 0 Å². The predicted molar refractivity (Wildman–Crippen MR) is 86.9 cm³/mol. The molecule has 1 fully saturated rings. The summed E-state index contributed by atoms with van der Waals surface area (Å²) in [6, 6.07) is 3.95. The third-order valence-electron chi connectivity index (χ3n) is 4.74. The Hall–Kier alpha value is -1.75. The Morgan fingerprint density at radius 1 is 1.22 bits per heavy atom. The van der Waals surface area contributed by atoms with Crippen molar-refractivity contribution in [2.24, 2.45) is 5.41 Å². The Morgan fingerprint density at radius 3 is 2.48 bits per heavy atom. The van der Waals surface area contributed by atoms with Gasteiger partial charge in [-0.05, 0) is 63.4 Å². The molecule has 0 aromatic heterocycles. The Balaban J connectivity index is 2.00. The number of carbonyl (C=O) groups excluding carboxylic acids is 1. The first-order valence-corrected chi connectivity index (χ1v) is 8.02. The second-order valence-corrected chi connectivity index (χ2v) is 7.38. The molecule has 0 amide bonds. The smallest absolute Gasteiger partial charge is 0.314 e. The van der Waals surface area contributed by atoms with Gasteiger partial charge in [-0.25, -0.2) is 0 Å². The fourth-order valence-electron chi connectivity index (χ4n) is 3.75. The number of carbonyl (C=O) groups is 1. The van der Waals surface area contributed by atoms with E-state index in [9.17, 15) is 4.79 Å². The molecule has 1 heterocycles. The number of methoxy groups -OCH3 is 2. The summed E-state index contributed by atoms with van der Waals surface area (Å²) in [5.41, 5.74) is 1.24. The van der Waals surface area contributed by atoms with Gasteiger partial charge in [0.15, 0.2) is 11.5 Å². The molecule has 0 unspecified atom stereocenters. The van der Waals surface area contributed by atoms with Gasteiger partial charge in [-0.2, -0.15) is 0 Å². The minimum atomic E-state index is -0.521. The molecule has 1 aliphatic heterocycles. The molecule has 0 bridgehead atoms. The van der Waals surface area contributed by atoms with E-state index in [1.165, 1.54) is 0 Å². The number of esters is 1. The van der Waals surface area contributed by atoms with Gasteiger partial charge >= 0.3 is 5.97 Å². The van der Waals surface area contributed by atoms with E-state index in [1.807, 2.05) is 32.9 Å². The lowest BCUT2D eigenvalue weighted by Crippen LogP contribution is -2.39. The number of benzene rings is 1. The van der Waals surface area contributed by atoms with Crippen molar-refractivity contribution in [2.45, 2.75) is 45.3 Å². The van der Waals surface area contributed by atoms with Crippen LogP contribution in [0.15, 0.2) is 12.1 Å². The molecule has 5 nitrogen and oxygen atoms in total. The van der Waals surface area contributed by atoms with Crippen LogP contribution in [0, 0.1) is 5.41 Å². The Bertz CT molecular complexity index is 635. The molecular formula is C18H25NO4. The van der Waals surface area contributed by atoms with Gasteiger partial charge in [-0.15, -0.1) is 0 Å². The Labute approximate surface area is 137 Å². The number of nitrogens with one attached hydrogen (secondary N) is 1. The third kappa shape index (κ3) is 2.57. The normalized spacial score (nSPS) is 25.7. The summed E-state index contributed by atoms with van der Waals surface area (Å²) in [6.45, 7) is 6.55. The van der Waals surface area contributed by atoms with E-state index in [0.717, 1.165) is 24.1 Å². The van der Waals surface area contributed by atoms with E-state index in [1.54, 1.807) is 14.2 Å². The van der Waals surface area contributed by atoms with E-state index in [0.29, 0.717) is 17.9 Å². The number of hydrogen-bond donors (Lipinski definition) is 1. The molecule has 3 rings (SSSR count). The summed E-state index contributed by atoms with van der Waals surface area (Å²) in [4.78, 5) is 12.9. The van der Waals surface area contributed by atoms with Crippen LogP contribution < -0.4 is 14.8 Å². The first-order chi connectivity index (χ1) is 10.8. The van der Waals surface area contributed by atoms with Gasteiger partial charge in [0.05, 0.1) is 19.6 Å². The van der Waals surface area contributed by atoms with Crippen molar-refractivity contribution < 1.29 is 19.0 Å². The molecule has 0 radical (unpaired) electrons. The van der Waals surface area contributed by atoms with Crippen molar-refractivity contribution in [2.75, 3.05) is 20.8 Å². The molecule has 1 N–H and O–H groups in total. The first kappa shape index (κ1) is 16.1. The maximum Gasteiger partial charge on any atom is 0.314 e. The SMILES string of the molecule is COc1cc2c(cc1OC)[C@@H]1NCC[C@]1(C(=O)OC(C)(C)C)C2. The van der Waals surface area contributed by atoms with Crippen LogP contribution >= 0.6 is 0 Å². The molecule has 2 atom stereocenters. The van der Waals surface area contributed by atoms with Gasteiger partial charge in [-0.3, -0.25) is 4.79 Å². The zero-order valence-corrected chi connectivity index (χ0v) is 14.5. The maximum absolute atomic E-state index is 12.9. The van der Waals surface area contributed by atoms with Crippen LogP contribution in [0.4, 0.5) is 0 Å². The fourth-order valence-corrected chi connectivity index (χ4v) is 3.75. The van der Waals surface area contributed by atoms with Crippen molar-refractivity contribution >= 4 is 5.97 Å². The summed E-state index contributed by atoms with van der Waals surface area (Å²) in [5, 5.41) is 3.47. The summed E-state index contributed by atoms with van der Waals surface area (Å²) in [5.74, 6) is 1.28. The monoisotopic (exact) mass is 319 g/mol. The van der Waals surface area contributed by atoms with Gasteiger partial charge < -0.3 is 19.5 Å². The summed E-state index contributed by atoms with van der Waals surface area (Å²) in [7, 11) is 3.25. The Morgan fingerprint density at radius 2 is 1.87 bits per heavy atom. The van der Waals surface area contributed by atoms with Crippen molar-refractivity contribution in [1.82, 2.24) is 5.32 Å². The fraction of sp³-hybridized carbons (Fsp3) is 0.611. The highest BCUT2D eigenvalue weighted by molar-refractivity contribution is 5.81. The van der Waals surface area contributed by atoms with Crippen LogP contribution in [-0.4, -0.2) is 32.3 Å². The maximum atomic E-state index is 12.9. The van der Waals surface area contributed by atoms with Gasteiger partial charge in [0.1, 0.15) is 5.60 Å². The molecular weight excluding hydrogens is 294 g/mol. The molecule has 1 aliphatic carbocycles. The highest BCUT2D eigenvalue weighted by atomic mass is 16.6.